The summed E-state index contributed by atoms with van der Waals surface area (Å²) in [4.78, 5) is 8.00. The van der Waals surface area contributed by atoms with Gasteiger partial charge in [-0.1, -0.05) is 0 Å². The first-order valence-electron chi connectivity index (χ1n) is 0.365. The third-order valence-electron chi connectivity index (χ3n) is 0. The van der Waals surface area contributed by atoms with Crippen molar-refractivity contribution >= 4 is 0 Å². The van der Waals surface area contributed by atoms with Gasteiger partial charge in [0.05, 0.1) is 0 Å². The van der Waals surface area contributed by atoms with Crippen LogP contribution in [0.15, 0.2) is 5.34 Å². The van der Waals surface area contributed by atoms with Gasteiger partial charge in [0, 0.05) is 0 Å². The van der Waals surface area contributed by atoms with Crippen LogP contribution in [0.25, 0.3) is 6.15 Å². The van der Waals surface area contributed by atoms with Crippen LogP contribution in [-0.4, -0.2) is 0 Å². The number of hydrogen-bond acceptors (Lipinski definition) is 3. The van der Waals surface area contributed by atoms with Gasteiger partial charge in [-0.2, -0.15) is 0 Å². The molecule has 0 aliphatic heterocycles. The SMILES string of the molecule is O=N[O-].[Co+2].[NH2-]. The first kappa shape index (κ1) is 20.9. The van der Waals surface area contributed by atoms with E-state index in [1.807, 2.05) is 0 Å². The van der Waals surface area contributed by atoms with Crippen LogP contribution in [-0.2, 0) is 16.8 Å². The molecule has 1 radical (unpaired) electrons. The molecule has 0 bridgehead atoms. The van der Waals surface area contributed by atoms with Crippen molar-refractivity contribution in [1.82, 2.24) is 0 Å². The van der Waals surface area contributed by atoms with E-state index in [0.717, 1.165) is 5.34 Å². The minimum Gasteiger partial charge on any atom is -0.693 e. The molecule has 0 heterocycles. The zero-order valence-corrected chi connectivity index (χ0v) is 3.22. The van der Waals surface area contributed by atoms with Gasteiger partial charge in [-0.05, 0) is 0 Å². The standard InChI is InChI=1S/Co.HNO2.H2N/c;2-1-3;/h;(H,2,3);1H2/q+2;;-1/p-1. The second kappa shape index (κ2) is 42.3. The Morgan fingerprint density at radius 1 is 1.60 bits per heavy atom. The molecule has 5 heteroatoms. The van der Waals surface area contributed by atoms with E-state index < -0.39 is 0 Å². The van der Waals surface area contributed by atoms with Crippen molar-refractivity contribution in [3.8, 4) is 0 Å². The molecule has 2 N–H and O–H groups in total. The molecule has 0 saturated carbocycles. The van der Waals surface area contributed by atoms with Crippen LogP contribution in [0.1, 0.15) is 0 Å². The van der Waals surface area contributed by atoms with Crippen molar-refractivity contribution in [3.63, 3.8) is 0 Å². The van der Waals surface area contributed by atoms with Crippen LogP contribution in [0, 0.1) is 10.1 Å². The van der Waals surface area contributed by atoms with Gasteiger partial charge in [-0.25, -0.2) is 0 Å². The summed E-state index contributed by atoms with van der Waals surface area (Å²) in [6.45, 7) is 0. The minimum absolute atomic E-state index is 0. The Morgan fingerprint density at radius 3 is 1.60 bits per heavy atom. The van der Waals surface area contributed by atoms with Crippen LogP contribution < -0.4 is 0 Å². The molecule has 0 aromatic heterocycles. The minimum atomic E-state index is 0. The Balaban J connectivity index is -0.0000000200. The molecule has 0 unspecified atom stereocenters. The van der Waals surface area contributed by atoms with E-state index in [0.29, 0.717) is 0 Å². The topological polar surface area (TPSA) is 86.0 Å². The van der Waals surface area contributed by atoms with Gasteiger partial charge in [0.25, 0.3) is 0 Å². The summed E-state index contributed by atoms with van der Waals surface area (Å²) in [5.74, 6) is 0. The summed E-state index contributed by atoms with van der Waals surface area (Å²) in [5.41, 5.74) is 0. The summed E-state index contributed by atoms with van der Waals surface area (Å²) in [7, 11) is 0. The zero-order valence-electron chi connectivity index (χ0n) is 2.17. The van der Waals surface area contributed by atoms with Crippen LogP contribution >= 0.6 is 0 Å². The molecule has 0 aromatic carbocycles. The fourth-order valence-electron chi connectivity index (χ4n) is 0. The van der Waals surface area contributed by atoms with Crippen molar-refractivity contribution in [2.45, 2.75) is 0 Å². The first-order chi connectivity index (χ1) is 1.41. The van der Waals surface area contributed by atoms with E-state index in [-0.39, 0.29) is 22.9 Å². The quantitative estimate of drug-likeness (QED) is 0.353. The van der Waals surface area contributed by atoms with E-state index in [1.165, 1.54) is 0 Å². The Morgan fingerprint density at radius 2 is 1.60 bits per heavy atom. The summed E-state index contributed by atoms with van der Waals surface area (Å²) >= 11 is 0. The molecule has 0 atom stereocenters. The fourth-order valence-corrected chi connectivity index (χ4v) is 0. The smallest absolute Gasteiger partial charge is 0.693 e. The molecule has 33 valence electrons. The maximum atomic E-state index is 8.00. The monoisotopic (exact) mass is 121 g/mol. The molecule has 4 nitrogen and oxygen atoms in total. The summed E-state index contributed by atoms with van der Waals surface area (Å²) in [5, 5.41) is 9.00. The molecule has 0 saturated heterocycles. The molecule has 0 spiro atoms. The van der Waals surface area contributed by atoms with Crippen LogP contribution in [0.2, 0.25) is 0 Å². The van der Waals surface area contributed by atoms with E-state index in [2.05, 4.69) is 0 Å². The van der Waals surface area contributed by atoms with Crippen molar-refractivity contribution in [2.24, 2.45) is 5.34 Å². The summed E-state index contributed by atoms with van der Waals surface area (Å²) in [6, 6.07) is 0. The van der Waals surface area contributed by atoms with Crippen molar-refractivity contribution < 1.29 is 16.8 Å². The van der Waals surface area contributed by atoms with E-state index in [1.54, 1.807) is 0 Å². The second-order valence-electron chi connectivity index (χ2n) is 0.0745. The van der Waals surface area contributed by atoms with Gasteiger partial charge in [0.1, 0.15) is 0 Å². The van der Waals surface area contributed by atoms with E-state index in [9.17, 15) is 0 Å². The molecule has 0 aromatic rings. The van der Waals surface area contributed by atoms with Gasteiger partial charge >= 0.3 is 16.8 Å². The molecular weight excluding hydrogens is 119 g/mol. The number of nitrogens with two attached hydrogens (primary N) is 1. The number of nitrogens with zero attached hydrogens (tertiary/aromatic N) is 1. The Hall–Kier alpha value is -0.134. The average molecular weight is 121 g/mol. The van der Waals surface area contributed by atoms with Gasteiger partial charge < -0.3 is 16.3 Å². The van der Waals surface area contributed by atoms with Gasteiger partial charge in [-0.15, -0.1) is 5.34 Å². The fraction of sp³-hybridized carbons (Fsp3) is 0. The Kier molecular flexibility index (Phi) is 177. The molecule has 0 aliphatic rings. The second-order valence-corrected chi connectivity index (χ2v) is 0.0745. The molecular formula is H2CoN2O2. The number of rotatable bonds is 0. The maximum Gasteiger partial charge on any atom is 2.00 e. The van der Waals surface area contributed by atoms with E-state index in [4.69, 9.17) is 10.1 Å². The average Bonchev–Trinajstić information content (AvgIpc) is 0.918. The predicted molar refractivity (Wildman–Crippen MR) is 14.4 cm³/mol. The molecule has 0 amide bonds. The maximum absolute atomic E-state index is 8.00. The molecule has 0 aliphatic carbocycles. The van der Waals surface area contributed by atoms with Gasteiger partial charge in [-0.3, -0.25) is 0 Å². The number of hydrogen-bond donors (Lipinski definition) is 0. The summed E-state index contributed by atoms with van der Waals surface area (Å²) < 4.78 is 0. The van der Waals surface area contributed by atoms with Crippen molar-refractivity contribution in [2.75, 3.05) is 0 Å². The third-order valence-corrected chi connectivity index (χ3v) is 0. The third kappa shape index (κ3) is 756. The first-order valence-corrected chi connectivity index (χ1v) is 0.365. The van der Waals surface area contributed by atoms with Crippen LogP contribution in [0.5, 0.6) is 0 Å². The van der Waals surface area contributed by atoms with Gasteiger partial charge in [0.2, 0.25) is 0 Å². The largest absolute Gasteiger partial charge is 2.00 e. The Labute approximate surface area is 39.3 Å². The van der Waals surface area contributed by atoms with Gasteiger partial charge in [0.15, 0.2) is 0 Å². The van der Waals surface area contributed by atoms with E-state index >= 15 is 0 Å². The Bertz CT molecular complexity index is 15.1. The van der Waals surface area contributed by atoms with Crippen molar-refractivity contribution in [1.29, 1.82) is 0 Å². The molecule has 5 heavy (non-hydrogen) atoms. The normalized spacial score (nSPS) is 2.40. The molecule has 0 fully saturated rings. The predicted octanol–water partition coefficient (Wildman–Crippen LogP) is 0.965. The zero-order chi connectivity index (χ0) is 2.71. The summed E-state index contributed by atoms with van der Waals surface area (Å²) in [6.07, 6.45) is 0. The van der Waals surface area contributed by atoms with Crippen LogP contribution in [0.3, 0.4) is 0 Å². The molecule has 0 rings (SSSR count). The van der Waals surface area contributed by atoms with Crippen molar-refractivity contribution in [3.05, 3.63) is 16.3 Å². The van der Waals surface area contributed by atoms with Crippen LogP contribution in [0.4, 0.5) is 0 Å².